The fourth-order valence-corrected chi connectivity index (χ4v) is 4.60. The summed E-state index contributed by atoms with van der Waals surface area (Å²) in [7, 11) is 0. The average molecular weight is 353 g/mol. The van der Waals surface area contributed by atoms with Gasteiger partial charge in [0.1, 0.15) is 5.82 Å². The second-order valence-corrected chi connectivity index (χ2v) is 8.55. The van der Waals surface area contributed by atoms with Gasteiger partial charge in [0.15, 0.2) is 0 Å². The van der Waals surface area contributed by atoms with Crippen LogP contribution in [0.3, 0.4) is 0 Å². The first-order valence-corrected chi connectivity index (χ1v) is 10.1. The van der Waals surface area contributed by atoms with Crippen LogP contribution in [0.4, 0.5) is 0 Å². The highest BCUT2D eigenvalue weighted by atomic mass is 16.3. The van der Waals surface area contributed by atoms with Crippen molar-refractivity contribution in [3.8, 4) is 0 Å². The van der Waals surface area contributed by atoms with E-state index in [0.717, 1.165) is 61.9 Å². The van der Waals surface area contributed by atoms with Crippen LogP contribution in [0.15, 0.2) is 29.1 Å². The molecule has 1 aromatic heterocycles. The molecule has 1 saturated heterocycles. The maximum absolute atomic E-state index is 13.2. The van der Waals surface area contributed by atoms with E-state index in [1.54, 1.807) is 0 Å². The minimum atomic E-state index is -0.527. The molecule has 1 atom stereocenters. The van der Waals surface area contributed by atoms with Crippen molar-refractivity contribution in [2.24, 2.45) is 5.92 Å². The van der Waals surface area contributed by atoms with Crippen molar-refractivity contribution in [3.05, 3.63) is 40.4 Å². The van der Waals surface area contributed by atoms with E-state index in [4.69, 9.17) is 4.98 Å². The lowest BCUT2D eigenvalue weighted by Crippen LogP contribution is -2.48. The lowest BCUT2D eigenvalue weighted by atomic mass is 9.80. The molecule has 0 radical (unpaired) electrons. The van der Waals surface area contributed by atoms with Crippen molar-refractivity contribution in [2.45, 2.75) is 63.1 Å². The first kappa shape index (κ1) is 16.5. The van der Waals surface area contributed by atoms with E-state index in [0.29, 0.717) is 12.5 Å². The van der Waals surface area contributed by atoms with Gasteiger partial charge in [-0.25, -0.2) is 4.98 Å². The van der Waals surface area contributed by atoms with Crippen LogP contribution >= 0.6 is 0 Å². The molecule has 3 aliphatic rings. The summed E-state index contributed by atoms with van der Waals surface area (Å²) in [6.07, 6.45) is 7.47. The Bertz CT molecular complexity index is 882. The second kappa shape index (κ2) is 6.17. The second-order valence-electron chi connectivity index (χ2n) is 8.55. The van der Waals surface area contributed by atoms with Crippen LogP contribution in [0.1, 0.15) is 56.8 Å². The van der Waals surface area contributed by atoms with Gasteiger partial charge in [-0.15, -0.1) is 0 Å². The summed E-state index contributed by atoms with van der Waals surface area (Å²) in [4.78, 5) is 20.5. The molecule has 26 heavy (non-hydrogen) atoms. The van der Waals surface area contributed by atoms with Gasteiger partial charge in [-0.1, -0.05) is 12.1 Å². The van der Waals surface area contributed by atoms with E-state index in [1.165, 1.54) is 12.8 Å². The molecule has 5 nitrogen and oxygen atoms in total. The first-order chi connectivity index (χ1) is 12.6. The highest BCUT2D eigenvalue weighted by Gasteiger charge is 2.40. The normalized spacial score (nSPS) is 25.5. The van der Waals surface area contributed by atoms with Gasteiger partial charge >= 0.3 is 0 Å². The summed E-state index contributed by atoms with van der Waals surface area (Å²) in [5.74, 6) is 1.54. The van der Waals surface area contributed by atoms with Gasteiger partial charge < -0.3 is 5.11 Å². The lowest BCUT2D eigenvalue weighted by Gasteiger charge is -2.41. The van der Waals surface area contributed by atoms with Crippen molar-refractivity contribution < 1.29 is 5.11 Å². The zero-order valence-electron chi connectivity index (χ0n) is 15.2. The molecular formula is C21H27N3O2. The van der Waals surface area contributed by atoms with Crippen LogP contribution in [-0.4, -0.2) is 38.2 Å². The first-order valence-electron chi connectivity index (χ1n) is 10.1. The zero-order chi connectivity index (χ0) is 17.7. The minimum Gasteiger partial charge on any atom is -0.389 e. The monoisotopic (exact) mass is 353 g/mol. The molecule has 2 aliphatic carbocycles. The Hall–Kier alpha value is -1.72. The van der Waals surface area contributed by atoms with Gasteiger partial charge in [-0.05, 0) is 69.5 Å². The number of aliphatic hydroxyl groups is 1. The molecule has 1 aromatic carbocycles. The van der Waals surface area contributed by atoms with E-state index in [1.807, 2.05) is 28.8 Å². The molecule has 5 heteroatoms. The Balaban J connectivity index is 1.56. The van der Waals surface area contributed by atoms with E-state index < -0.39 is 5.60 Å². The van der Waals surface area contributed by atoms with Gasteiger partial charge in [0, 0.05) is 13.1 Å². The van der Waals surface area contributed by atoms with Crippen molar-refractivity contribution in [1.29, 1.82) is 0 Å². The molecule has 1 unspecified atom stereocenters. The fourth-order valence-electron chi connectivity index (χ4n) is 4.60. The van der Waals surface area contributed by atoms with E-state index in [2.05, 4.69) is 4.90 Å². The molecule has 1 aliphatic heterocycles. The lowest BCUT2D eigenvalue weighted by molar-refractivity contribution is -0.0620. The highest BCUT2D eigenvalue weighted by molar-refractivity contribution is 5.77. The molecule has 0 spiro atoms. The number of hydrogen-bond donors (Lipinski definition) is 1. The van der Waals surface area contributed by atoms with E-state index >= 15 is 0 Å². The van der Waals surface area contributed by atoms with Gasteiger partial charge in [0.25, 0.3) is 5.56 Å². The number of hydrogen-bond acceptors (Lipinski definition) is 4. The number of rotatable bonds is 5. The van der Waals surface area contributed by atoms with Crippen LogP contribution in [0.5, 0.6) is 0 Å². The SMILES string of the molecule is O=c1c2ccccc2nc(C2CCCN2CC2(O)CCC2)n1CC1CC1. The van der Waals surface area contributed by atoms with Gasteiger partial charge in [0.2, 0.25) is 0 Å². The van der Waals surface area contributed by atoms with Crippen molar-refractivity contribution >= 4 is 10.9 Å². The summed E-state index contributed by atoms with van der Waals surface area (Å²) in [6, 6.07) is 7.85. The largest absolute Gasteiger partial charge is 0.389 e. The number of para-hydroxylation sites is 1. The third-order valence-corrected chi connectivity index (χ3v) is 6.47. The maximum Gasteiger partial charge on any atom is 0.261 e. The topological polar surface area (TPSA) is 58.4 Å². The smallest absolute Gasteiger partial charge is 0.261 e. The quantitative estimate of drug-likeness (QED) is 0.898. The van der Waals surface area contributed by atoms with Crippen LogP contribution in [0.25, 0.3) is 10.9 Å². The third-order valence-electron chi connectivity index (χ3n) is 6.47. The summed E-state index contributed by atoms with van der Waals surface area (Å²) in [6.45, 7) is 2.49. The minimum absolute atomic E-state index is 0.103. The van der Waals surface area contributed by atoms with Gasteiger partial charge in [0.05, 0.1) is 22.5 Å². The fraction of sp³-hybridized carbons (Fsp3) is 0.619. The van der Waals surface area contributed by atoms with Crippen molar-refractivity contribution in [1.82, 2.24) is 14.5 Å². The van der Waals surface area contributed by atoms with Crippen LogP contribution in [-0.2, 0) is 6.54 Å². The Labute approximate surface area is 153 Å². The molecule has 2 aromatic rings. The number of β-amino-alcohol motifs (C(OH)–C–C–N with tert-alkyl or cyclic N) is 1. The molecule has 3 fully saturated rings. The summed E-state index contributed by atoms with van der Waals surface area (Å²) in [5.41, 5.74) is 0.376. The van der Waals surface area contributed by atoms with Crippen molar-refractivity contribution in [2.75, 3.05) is 13.1 Å². The standard InChI is InChI=1S/C21H27N3O2/c25-20-16-5-1-2-6-17(16)22-19(24(20)13-15-8-9-15)18-7-3-12-23(18)14-21(26)10-4-11-21/h1-2,5-6,15,18,26H,3-4,7-14H2. The van der Waals surface area contributed by atoms with E-state index in [-0.39, 0.29) is 11.6 Å². The molecule has 0 bridgehead atoms. The molecular weight excluding hydrogens is 326 g/mol. The predicted octanol–water partition coefficient (Wildman–Crippen LogP) is 2.86. The number of likely N-dealkylation sites (tertiary alicyclic amines) is 1. The van der Waals surface area contributed by atoms with Gasteiger partial charge in [-0.2, -0.15) is 0 Å². The molecule has 0 amide bonds. The summed E-state index contributed by atoms with van der Waals surface area (Å²) < 4.78 is 1.95. The van der Waals surface area contributed by atoms with Crippen LogP contribution < -0.4 is 5.56 Å². The Kier molecular flexibility index (Phi) is 3.90. The van der Waals surface area contributed by atoms with E-state index in [9.17, 15) is 9.90 Å². The number of benzene rings is 1. The predicted molar refractivity (Wildman–Crippen MR) is 101 cm³/mol. The average Bonchev–Trinajstić information content (AvgIpc) is 3.33. The maximum atomic E-state index is 13.2. The zero-order valence-corrected chi connectivity index (χ0v) is 15.2. The third kappa shape index (κ3) is 2.87. The van der Waals surface area contributed by atoms with Crippen LogP contribution in [0, 0.1) is 5.92 Å². The van der Waals surface area contributed by atoms with Gasteiger partial charge in [-0.3, -0.25) is 14.3 Å². The number of nitrogens with zero attached hydrogens (tertiary/aromatic N) is 3. The number of fused-ring (bicyclic) bond motifs is 1. The molecule has 1 N–H and O–H groups in total. The van der Waals surface area contributed by atoms with Crippen molar-refractivity contribution in [3.63, 3.8) is 0 Å². The Morgan fingerprint density at radius 3 is 2.69 bits per heavy atom. The summed E-state index contributed by atoms with van der Waals surface area (Å²) in [5, 5.41) is 11.4. The molecule has 138 valence electrons. The highest BCUT2D eigenvalue weighted by Crippen LogP contribution is 2.39. The van der Waals surface area contributed by atoms with Crippen LogP contribution in [0.2, 0.25) is 0 Å². The molecule has 2 saturated carbocycles. The summed E-state index contributed by atoms with van der Waals surface area (Å²) >= 11 is 0. The molecule has 5 rings (SSSR count). The Morgan fingerprint density at radius 1 is 1.15 bits per heavy atom. The Morgan fingerprint density at radius 2 is 1.96 bits per heavy atom. The molecule has 2 heterocycles. The number of aromatic nitrogens is 2.